The second-order valence-electron chi connectivity index (χ2n) is 8.67. The number of anilines is 1. The SMILES string of the molecule is CC[C@H](C)NC(=O)[C@H](CC)N(Cc1c(Cl)cccc1Cl)C(=O)CN(c1ccc(Br)c(C)c1)S(C)(=O)=O. The molecule has 7 nitrogen and oxygen atoms in total. The number of carbonyl (C=O) groups excluding carboxylic acids is 2. The van der Waals surface area contributed by atoms with Crippen LogP contribution in [0.25, 0.3) is 0 Å². The van der Waals surface area contributed by atoms with Crippen molar-refractivity contribution in [3.8, 4) is 0 Å². The molecule has 36 heavy (non-hydrogen) atoms. The van der Waals surface area contributed by atoms with Crippen molar-refractivity contribution in [2.75, 3.05) is 17.1 Å². The smallest absolute Gasteiger partial charge is 0.244 e. The van der Waals surface area contributed by atoms with Crippen LogP contribution in [-0.2, 0) is 26.2 Å². The maximum atomic E-state index is 13.8. The van der Waals surface area contributed by atoms with Crippen LogP contribution in [-0.4, -0.2) is 50.0 Å². The average molecular weight is 621 g/mol. The van der Waals surface area contributed by atoms with Gasteiger partial charge in [-0.05, 0) is 62.6 Å². The van der Waals surface area contributed by atoms with Gasteiger partial charge in [0.25, 0.3) is 0 Å². The van der Waals surface area contributed by atoms with Gasteiger partial charge in [-0.1, -0.05) is 59.0 Å². The van der Waals surface area contributed by atoms with Crippen molar-refractivity contribution in [3.63, 3.8) is 0 Å². The lowest BCUT2D eigenvalue weighted by Crippen LogP contribution is -2.53. The molecule has 0 fully saturated rings. The van der Waals surface area contributed by atoms with Crippen molar-refractivity contribution in [1.29, 1.82) is 0 Å². The lowest BCUT2D eigenvalue weighted by atomic mass is 10.1. The summed E-state index contributed by atoms with van der Waals surface area (Å²) >= 11 is 16.2. The first-order chi connectivity index (χ1) is 16.8. The van der Waals surface area contributed by atoms with Gasteiger partial charge < -0.3 is 10.2 Å². The summed E-state index contributed by atoms with van der Waals surface area (Å²) in [4.78, 5) is 28.3. The fourth-order valence-electron chi connectivity index (χ4n) is 3.61. The van der Waals surface area contributed by atoms with Crippen LogP contribution in [0.4, 0.5) is 5.69 Å². The highest BCUT2D eigenvalue weighted by atomic mass is 79.9. The minimum atomic E-state index is -3.82. The normalized spacial score (nSPS) is 13.1. The Morgan fingerprint density at radius 3 is 2.19 bits per heavy atom. The van der Waals surface area contributed by atoms with E-state index in [1.807, 2.05) is 20.8 Å². The number of hydrogen-bond acceptors (Lipinski definition) is 4. The van der Waals surface area contributed by atoms with E-state index in [1.165, 1.54) is 4.90 Å². The molecular formula is C25H32BrCl2N3O4S. The minimum absolute atomic E-state index is 0.0548. The molecular weight excluding hydrogens is 589 g/mol. The Morgan fingerprint density at radius 1 is 1.08 bits per heavy atom. The van der Waals surface area contributed by atoms with E-state index in [2.05, 4.69) is 21.2 Å². The molecule has 1 N–H and O–H groups in total. The molecule has 0 aliphatic heterocycles. The Labute approximate surface area is 232 Å². The van der Waals surface area contributed by atoms with Gasteiger partial charge in [0.2, 0.25) is 21.8 Å². The zero-order valence-corrected chi connectivity index (χ0v) is 24.9. The lowest BCUT2D eigenvalue weighted by Gasteiger charge is -2.33. The molecule has 2 amide bonds. The molecule has 0 bridgehead atoms. The summed E-state index contributed by atoms with van der Waals surface area (Å²) in [5.41, 5.74) is 1.64. The number of carbonyl (C=O) groups is 2. The van der Waals surface area contributed by atoms with Gasteiger partial charge in [0.05, 0.1) is 11.9 Å². The van der Waals surface area contributed by atoms with E-state index in [4.69, 9.17) is 23.2 Å². The standard InChI is InChI=1S/C25H32BrCl2N3O4S/c1-6-17(4)29-25(33)23(7-2)30(14-19-21(27)9-8-10-22(19)28)24(32)15-31(36(5,34)35)18-11-12-20(26)16(3)13-18/h8-13,17,23H,6-7,14-15H2,1-5H3,(H,29,33)/t17-,23-/m0/s1. The number of sulfonamides is 1. The first kappa shape index (κ1) is 30.4. The van der Waals surface area contributed by atoms with Crippen LogP contribution in [0.5, 0.6) is 0 Å². The summed E-state index contributed by atoms with van der Waals surface area (Å²) in [5, 5.41) is 3.62. The van der Waals surface area contributed by atoms with Gasteiger partial charge in [-0.25, -0.2) is 8.42 Å². The molecule has 2 rings (SSSR count). The molecule has 11 heteroatoms. The van der Waals surface area contributed by atoms with Crippen LogP contribution < -0.4 is 9.62 Å². The highest BCUT2D eigenvalue weighted by Crippen LogP contribution is 2.28. The number of halogens is 3. The second kappa shape index (κ2) is 13.1. The van der Waals surface area contributed by atoms with Crippen LogP contribution in [0.2, 0.25) is 10.0 Å². The number of rotatable bonds is 11. The van der Waals surface area contributed by atoms with E-state index in [0.29, 0.717) is 27.7 Å². The molecule has 2 aromatic carbocycles. The quantitative estimate of drug-likeness (QED) is 0.357. The van der Waals surface area contributed by atoms with E-state index < -0.39 is 28.5 Å². The summed E-state index contributed by atoms with van der Waals surface area (Å²) in [6, 6.07) is 9.07. The van der Waals surface area contributed by atoms with Gasteiger partial charge in [-0.3, -0.25) is 13.9 Å². The van der Waals surface area contributed by atoms with Crippen LogP contribution in [0.3, 0.4) is 0 Å². The minimum Gasteiger partial charge on any atom is -0.352 e. The number of hydrogen-bond donors (Lipinski definition) is 1. The van der Waals surface area contributed by atoms with Crippen LogP contribution in [0.15, 0.2) is 40.9 Å². The van der Waals surface area contributed by atoms with E-state index in [-0.39, 0.29) is 18.5 Å². The molecule has 0 unspecified atom stereocenters. The molecule has 0 spiro atoms. The van der Waals surface area contributed by atoms with Crippen molar-refractivity contribution in [2.24, 2.45) is 0 Å². The fraction of sp³-hybridized carbons (Fsp3) is 0.440. The molecule has 0 heterocycles. The van der Waals surface area contributed by atoms with E-state index in [0.717, 1.165) is 27.0 Å². The number of aryl methyl sites for hydroxylation is 1. The van der Waals surface area contributed by atoms with Crippen LogP contribution in [0.1, 0.15) is 44.7 Å². The number of nitrogens with one attached hydrogen (secondary N) is 1. The summed E-state index contributed by atoms with van der Waals surface area (Å²) < 4.78 is 27.3. The molecule has 0 radical (unpaired) electrons. The third-order valence-electron chi connectivity index (χ3n) is 5.89. The van der Waals surface area contributed by atoms with Crippen LogP contribution >= 0.6 is 39.1 Å². The Hall–Kier alpha value is -1.81. The number of nitrogens with zero attached hydrogens (tertiary/aromatic N) is 2. The van der Waals surface area contributed by atoms with Crippen molar-refractivity contribution < 1.29 is 18.0 Å². The zero-order chi connectivity index (χ0) is 27.2. The number of benzene rings is 2. The van der Waals surface area contributed by atoms with E-state index >= 15 is 0 Å². The van der Waals surface area contributed by atoms with Gasteiger partial charge in [0.1, 0.15) is 12.6 Å². The Bertz CT molecular complexity index is 1190. The summed E-state index contributed by atoms with van der Waals surface area (Å²) in [6.07, 6.45) is 2.07. The summed E-state index contributed by atoms with van der Waals surface area (Å²) in [5.74, 6) is -0.878. The molecule has 0 aliphatic rings. The van der Waals surface area contributed by atoms with Crippen molar-refractivity contribution >= 4 is 66.7 Å². The maximum absolute atomic E-state index is 13.8. The zero-order valence-electron chi connectivity index (χ0n) is 21.0. The maximum Gasteiger partial charge on any atom is 0.244 e. The van der Waals surface area contributed by atoms with Gasteiger partial charge in [0.15, 0.2) is 0 Å². The molecule has 2 aromatic rings. The Balaban J connectivity index is 2.52. The van der Waals surface area contributed by atoms with Crippen molar-refractivity contribution in [3.05, 3.63) is 62.0 Å². The molecule has 2 atom stereocenters. The summed E-state index contributed by atoms with van der Waals surface area (Å²) in [6.45, 7) is 6.90. The van der Waals surface area contributed by atoms with E-state index in [1.54, 1.807) is 43.3 Å². The van der Waals surface area contributed by atoms with Gasteiger partial charge >= 0.3 is 0 Å². The first-order valence-electron chi connectivity index (χ1n) is 11.6. The molecule has 0 aromatic heterocycles. The predicted molar refractivity (Wildman–Crippen MR) is 150 cm³/mol. The third-order valence-corrected chi connectivity index (χ3v) is 8.62. The Morgan fingerprint density at radius 2 is 1.69 bits per heavy atom. The molecule has 0 saturated carbocycles. The van der Waals surface area contributed by atoms with E-state index in [9.17, 15) is 18.0 Å². The topological polar surface area (TPSA) is 86.8 Å². The molecule has 198 valence electrons. The lowest BCUT2D eigenvalue weighted by molar-refractivity contribution is -0.140. The van der Waals surface area contributed by atoms with Gasteiger partial charge in [-0.15, -0.1) is 0 Å². The van der Waals surface area contributed by atoms with Gasteiger partial charge in [0, 0.05) is 32.7 Å². The third kappa shape index (κ3) is 7.84. The Kier molecular flexibility index (Phi) is 11.1. The number of amides is 2. The highest BCUT2D eigenvalue weighted by molar-refractivity contribution is 9.10. The summed E-state index contributed by atoms with van der Waals surface area (Å²) in [7, 11) is -3.82. The fourth-order valence-corrected chi connectivity index (χ4v) is 5.22. The monoisotopic (exact) mass is 619 g/mol. The highest BCUT2D eigenvalue weighted by Gasteiger charge is 2.33. The molecule has 0 aliphatic carbocycles. The second-order valence-corrected chi connectivity index (χ2v) is 12.2. The van der Waals surface area contributed by atoms with Crippen molar-refractivity contribution in [2.45, 2.75) is 59.2 Å². The van der Waals surface area contributed by atoms with Gasteiger partial charge in [-0.2, -0.15) is 0 Å². The first-order valence-corrected chi connectivity index (χ1v) is 15.0. The average Bonchev–Trinajstić information content (AvgIpc) is 2.80. The molecule has 0 saturated heterocycles. The predicted octanol–water partition coefficient (Wildman–Crippen LogP) is 5.55. The van der Waals surface area contributed by atoms with Crippen LogP contribution in [0, 0.1) is 6.92 Å². The largest absolute Gasteiger partial charge is 0.352 e. The van der Waals surface area contributed by atoms with Crippen molar-refractivity contribution in [1.82, 2.24) is 10.2 Å².